The van der Waals surface area contributed by atoms with Gasteiger partial charge in [-0.25, -0.2) is 4.39 Å². The molecule has 2 atom stereocenters. The molecule has 172 valence electrons. The number of nitrogens with one attached hydrogen (secondary N) is 1. The van der Waals surface area contributed by atoms with Gasteiger partial charge in [0.2, 0.25) is 5.91 Å². The lowest BCUT2D eigenvalue weighted by molar-refractivity contribution is -0.191. The first-order valence-corrected chi connectivity index (χ1v) is 11.8. The van der Waals surface area contributed by atoms with E-state index < -0.39 is 18.1 Å². The Hall–Kier alpha value is -2.29. The minimum absolute atomic E-state index is 0.0543. The normalized spacial score (nSPS) is 20.0. The zero-order valence-electron chi connectivity index (χ0n) is 17.7. The lowest BCUT2D eigenvalue weighted by atomic mass is 9.99. The van der Waals surface area contributed by atoms with Crippen molar-refractivity contribution in [3.63, 3.8) is 0 Å². The molecule has 1 aromatic heterocycles. The second-order valence-electron chi connectivity index (χ2n) is 8.38. The molecule has 1 N–H and O–H groups in total. The van der Waals surface area contributed by atoms with Gasteiger partial charge in [-0.1, -0.05) is 12.1 Å². The maximum atomic E-state index is 14.0. The van der Waals surface area contributed by atoms with Gasteiger partial charge in [0.1, 0.15) is 5.82 Å². The van der Waals surface area contributed by atoms with E-state index >= 15 is 0 Å². The van der Waals surface area contributed by atoms with Crippen LogP contribution >= 0.6 is 11.8 Å². The van der Waals surface area contributed by atoms with Crippen LogP contribution in [0.25, 0.3) is 0 Å². The van der Waals surface area contributed by atoms with E-state index in [0.29, 0.717) is 36.9 Å². The van der Waals surface area contributed by atoms with Crippen molar-refractivity contribution in [3.8, 4) is 0 Å². The van der Waals surface area contributed by atoms with Gasteiger partial charge in [0.25, 0.3) is 0 Å². The SMILES string of the molecule is CN(C(=O)C1CCSCC1)[C@@H](c1ccc(NC2Cc3cccc(F)c3C2)cn1)C(F)(F)F. The Morgan fingerprint density at radius 2 is 1.94 bits per heavy atom. The Balaban J connectivity index is 1.47. The van der Waals surface area contributed by atoms with Gasteiger partial charge in [0.05, 0.1) is 17.6 Å². The standard InChI is InChI=1S/C23H25F4N3OS/c1-30(22(31)14-7-9-32-10-8-14)21(23(25,26)27)20-6-5-16(13-28-20)29-17-11-15-3-2-4-19(24)18(15)12-17/h2-6,13-14,17,21,29H,7-12H2,1H3/t17?,21-/m0/s1. The van der Waals surface area contributed by atoms with E-state index in [1.807, 2.05) is 6.07 Å². The molecule has 1 aliphatic heterocycles. The van der Waals surface area contributed by atoms with Crippen molar-refractivity contribution in [1.82, 2.24) is 9.88 Å². The monoisotopic (exact) mass is 467 g/mol. The number of carbonyl (C=O) groups is 1. The molecule has 0 radical (unpaired) electrons. The number of fused-ring (bicyclic) bond motifs is 1. The van der Waals surface area contributed by atoms with E-state index in [1.165, 1.54) is 31.4 Å². The number of nitrogens with zero attached hydrogens (tertiary/aromatic N) is 2. The zero-order chi connectivity index (χ0) is 22.9. The van der Waals surface area contributed by atoms with Gasteiger partial charge in [0, 0.05) is 19.0 Å². The van der Waals surface area contributed by atoms with Gasteiger partial charge in [0.15, 0.2) is 6.04 Å². The fourth-order valence-corrected chi connectivity index (χ4v) is 5.65. The van der Waals surface area contributed by atoms with Gasteiger partial charge < -0.3 is 10.2 Å². The van der Waals surface area contributed by atoms with Gasteiger partial charge in [-0.3, -0.25) is 9.78 Å². The Bertz CT molecular complexity index is 961. The smallest absolute Gasteiger partial charge is 0.380 e. The fraction of sp³-hybridized carbons (Fsp3) is 0.478. The highest BCUT2D eigenvalue weighted by atomic mass is 32.2. The molecule has 1 aliphatic carbocycles. The number of rotatable bonds is 5. The molecular formula is C23H25F4N3OS. The summed E-state index contributed by atoms with van der Waals surface area (Å²) in [6.07, 6.45) is -0.954. The summed E-state index contributed by atoms with van der Waals surface area (Å²) in [5.74, 6) is 0.472. The number of pyridine rings is 1. The van der Waals surface area contributed by atoms with Gasteiger partial charge in [-0.15, -0.1) is 0 Å². The zero-order valence-corrected chi connectivity index (χ0v) is 18.5. The van der Waals surface area contributed by atoms with Crippen LogP contribution in [-0.4, -0.2) is 46.6 Å². The molecule has 0 saturated carbocycles. The summed E-state index contributed by atoms with van der Waals surface area (Å²) in [5, 5.41) is 3.23. The van der Waals surface area contributed by atoms with Crippen molar-refractivity contribution in [1.29, 1.82) is 0 Å². The molecule has 2 aromatic rings. The number of halogens is 4. The lowest BCUT2D eigenvalue weighted by Crippen LogP contribution is -2.43. The highest BCUT2D eigenvalue weighted by Crippen LogP contribution is 2.38. The summed E-state index contributed by atoms with van der Waals surface area (Å²) >= 11 is 1.72. The molecule has 4 rings (SSSR count). The van der Waals surface area contributed by atoms with Crippen LogP contribution in [0, 0.1) is 11.7 Å². The number of hydrogen-bond acceptors (Lipinski definition) is 4. The number of carbonyl (C=O) groups excluding carboxylic acids is 1. The molecule has 1 fully saturated rings. The maximum absolute atomic E-state index is 14.0. The molecule has 2 aliphatic rings. The van der Waals surface area contributed by atoms with E-state index in [4.69, 9.17) is 0 Å². The van der Waals surface area contributed by atoms with Crippen molar-refractivity contribution >= 4 is 23.4 Å². The second-order valence-corrected chi connectivity index (χ2v) is 9.60. The number of hydrogen-bond donors (Lipinski definition) is 1. The summed E-state index contributed by atoms with van der Waals surface area (Å²) in [5.41, 5.74) is 1.95. The average molecular weight is 468 g/mol. The quantitative estimate of drug-likeness (QED) is 0.629. The van der Waals surface area contributed by atoms with E-state index in [-0.39, 0.29) is 23.5 Å². The number of amides is 1. The van der Waals surface area contributed by atoms with E-state index in [0.717, 1.165) is 22.0 Å². The van der Waals surface area contributed by atoms with Crippen molar-refractivity contribution in [2.45, 2.75) is 43.9 Å². The number of benzene rings is 1. The summed E-state index contributed by atoms with van der Waals surface area (Å²) in [6, 6.07) is 5.68. The number of alkyl halides is 3. The summed E-state index contributed by atoms with van der Waals surface area (Å²) in [6.45, 7) is 0. The third-order valence-electron chi connectivity index (χ3n) is 6.19. The predicted octanol–water partition coefficient (Wildman–Crippen LogP) is 5.01. The summed E-state index contributed by atoms with van der Waals surface area (Å²) in [4.78, 5) is 17.6. The first-order chi connectivity index (χ1) is 15.2. The van der Waals surface area contributed by atoms with Crippen LogP contribution in [0.1, 0.15) is 35.7 Å². The number of anilines is 1. The lowest BCUT2D eigenvalue weighted by Gasteiger charge is -2.33. The molecular weight excluding hydrogens is 442 g/mol. The third kappa shape index (κ3) is 4.87. The van der Waals surface area contributed by atoms with E-state index in [2.05, 4.69) is 10.3 Å². The van der Waals surface area contributed by atoms with Crippen molar-refractivity contribution < 1.29 is 22.4 Å². The van der Waals surface area contributed by atoms with Crippen LogP contribution in [0.4, 0.5) is 23.2 Å². The predicted molar refractivity (Wildman–Crippen MR) is 117 cm³/mol. The Kier molecular flexibility index (Phi) is 6.65. The first kappa shape index (κ1) is 22.9. The fourth-order valence-electron chi connectivity index (χ4n) is 4.54. The number of thioether (sulfide) groups is 1. The molecule has 4 nitrogen and oxygen atoms in total. The van der Waals surface area contributed by atoms with Crippen LogP contribution in [0.3, 0.4) is 0 Å². The molecule has 1 unspecified atom stereocenters. The number of aromatic nitrogens is 1. The van der Waals surface area contributed by atoms with Crippen LogP contribution in [0.2, 0.25) is 0 Å². The summed E-state index contributed by atoms with van der Waals surface area (Å²) < 4.78 is 55.7. The van der Waals surface area contributed by atoms with Crippen LogP contribution in [0.5, 0.6) is 0 Å². The minimum atomic E-state index is -4.64. The molecule has 0 bridgehead atoms. The van der Waals surface area contributed by atoms with Crippen molar-refractivity contribution in [3.05, 3.63) is 59.2 Å². The Labute approximate surface area is 188 Å². The first-order valence-electron chi connectivity index (χ1n) is 10.6. The molecule has 32 heavy (non-hydrogen) atoms. The molecule has 0 spiro atoms. The molecule has 2 heterocycles. The third-order valence-corrected chi connectivity index (χ3v) is 7.23. The van der Waals surface area contributed by atoms with Gasteiger partial charge in [-0.2, -0.15) is 24.9 Å². The maximum Gasteiger partial charge on any atom is 0.414 e. The van der Waals surface area contributed by atoms with Crippen LogP contribution < -0.4 is 5.32 Å². The van der Waals surface area contributed by atoms with Crippen molar-refractivity contribution in [2.75, 3.05) is 23.9 Å². The van der Waals surface area contributed by atoms with E-state index in [9.17, 15) is 22.4 Å². The topological polar surface area (TPSA) is 45.2 Å². The highest BCUT2D eigenvalue weighted by Gasteiger charge is 2.47. The molecule has 1 aromatic carbocycles. The van der Waals surface area contributed by atoms with Crippen LogP contribution in [-0.2, 0) is 17.6 Å². The Morgan fingerprint density at radius 3 is 2.56 bits per heavy atom. The van der Waals surface area contributed by atoms with Crippen molar-refractivity contribution in [2.24, 2.45) is 5.92 Å². The van der Waals surface area contributed by atoms with Gasteiger partial charge >= 0.3 is 6.18 Å². The summed E-state index contributed by atoms with van der Waals surface area (Å²) in [7, 11) is 1.21. The van der Waals surface area contributed by atoms with E-state index in [1.54, 1.807) is 17.8 Å². The molecule has 9 heteroatoms. The van der Waals surface area contributed by atoms with Crippen LogP contribution in [0.15, 0.2) is 36.5 Å². The second kappa shape index (κ2) is 9.29. The largest absolute Gasteiger partial charge is 0.414 e. The molecule has 1 saturated heterocycles. The Morgan fingerprint density at radius 1 is 1.19 bits per heavy atom. The minimum Gasteiger partial charge on any atom is -0.380 e. The highest BCUT2D eigenvalue weighted by molar-refractivity contribution is 7.99. The molecule has 1 amide bonds. The average Bonchev–Trinajstić information content (AvgIpc) is 3.18. The van der Waals surface area contributed by atoms with Gasteiger partial charge in [-0.05, 0) is 66.5 Å².